The predicted octanol–water partition coefficient (Wildman–Crippen LogP) is 3.93. The van der Waals surface area contributed by atoms with Gasteiger partial charge in [-0.05, 0) is 55.9 Å². The SMILES string of the molecule is CNC(C)C.O=CCN1CCN(C(=O)c2ccc(Nc3nccc(-c4ccc(SCCCO)cc4)n3)cc2)CC1. The zero-order valence-corrected chi connectivity index (χ0v) is 24.4. The predicted molar refractivity (Wildman–Crippen MR) is 162 cm³/mol. The third kappa shape index (κ3) is 10.0. The molecule has 9 nitrogen and oxygen atoms in total. The van der Waals surface area contributed by atoms with Crippen molar-refractivity contribution in [1.29, 1.82) is 0 Å². The van der Waals surface area contributed by atoms with Crippen molar-refractivity contribution in [2.24, 2.45) is 0 Å². The topological polar surface area (TPSA) is 111 Å². The molecule has 4 rings (SSSR count). The standard InChI is InChI=1S/C26H29N5O3S.C4H11N/c32-17-1-19-35-23-8-4-20(5-9-23)24-10-11-27-26(29-24)28-22-6-2-21(3-7-22)25(34)31-14-12-30(13-15-31)16-18-33;1-4(2)5-3/h2-11,18,32H,1,12-17,19H2,(H,27,28,29);4-5H,1-3H3. The van der Waals surface area contributed by atoms with Crippen molar-refractivity contribution in [1.82, 2.24) is 25.1 Å². The molecule has 1 aliphatic heterocycles. The van der Waals surface area contributed by atoms with Crippen molar-refractivity contribution in [2.75, 3.05) is 57.4 Å². The number of carbonyl (C=O) groups is 2. The second-order valence-corrected chi connectivity index (χ2v) is 10.8. The highest BCUT2D eigenvalue weighted by atomic mass is 32.2. The fourth-order valence-corrected chi connectivity index (χ4v) is 4.64. The first kappa shape index (κ1) is 31.2. The van der Waals surface area contributed by atoms with Crippen LogP contribution in [0.15, 0.2) is 65.7 Å². The van der Waals surface area contributed by atoms with Crippen molar-refractivity contribution >= 4 is 35.6 Å². The van der Waals surface area contributed by atoms with Gasteiger partial charge < -0.3 is 25.4 Å². The summed E-state index contributed by atoms with van der Waals surface area (Å²) in [5.74, 6) is 1.37. The lowest BCUT2D eigenvalue weighted by Crippen LogP contribution is -2.49. The van der Waals surface area contributed by atoms with Crippen LogP contribution in [-0.4, -0.2) is 95.2 Å². The molecule has 3 N–H and O–H groups in total. The molecular formula is C30H40N6O3S. The summed E-state index contributed by atoms with van der Waals surface area (Å²) in [7, 11) is 1.95. The van der Waals surface area contributed by atoms with Gasteiger partial charge in [0.15, 0.2) is 0 Å². The molecule has 0 unspecified atom stereocenters. The maximum atomic E-state index is 12.8. The monoisotopic (exact) mass is 564 g/mol. The first-order valence-electron chi connectivity index (χ1n) is 13.6. The Labute approximate surface area is 241 Å². The minimum atomic E-state index is -0.00137. The van der Waals surface area contributed by atoms with Gasteiger partial charge in [-0.2, -0.15) is 0 Å². The van der Waals surface area contributed by atoms with E-state index in [1.165, 1.54) is 0 Å². The number of thioether (sulfide) groups is 1. The van der Waals surface area contributed by atoms with Gasteiger partial charge in [-0.3, -0.25) is 9.69 Å². The molecule has 10 heteroatoms. The van der Waals surface area contributed by atoms with Gasteiger partial charge in [0.1, 0.15) is 6.29 Å². The van der Waals surface area contributed by atoms with Crippen LogP contribution in [0.5, 0.6) is 0 Å². The Kier molecular flexibility index (Phi) is 13.0. The quantitative estimate of drug-likeness (QED) is 0.181. The van der Waals surface area contributed by atoms with E-state index in [1.807, 2.05) is 47.2 Å². The average molecular weight is 565 g/mol. The smallest absolute Gasteiger partial charge is 0.253 e. The highest BCUT2D eigenvalue weighted by Crippen LogP contribution is 2.24. The summed E-state index contributed by atoms with van der Waals surface area (Å²) in [6.07, 6.45) is 3.40. The Morgan fingerprint density at radius 1 is 1.05 bits per heavy atom. The van der Waals surface area contributed by atoms with Crippen LogP contribution >= 0.6 is 11.8 Å². The van der Waals surface area contributed by atoms with Gasteiger partial charge in [-0.1, -0.05) is 26.0 Å². The molecule has 1 aliphatic rings. The second-order valence-electron chi connectivity index (χ2n) is 9.62. The van der Waals surface area contributed by atoms with Gasteiger partial charge in [0, 0.05) is 72.5 Å². The maximum absolute atomic E-state index is 12.8. The van der Waals surface area contributed by atoms with Gasteiger partial charge in [0.2, 0.25) is 5.95 Å². The molecule has 0 saturated carbocycles. The minimum Gasteiger partial charge on any atom is -0.396 e. The van der Waals surface area contributed by atoms with E-state index in [4.69, 9.17) is 5.11 Å². The normalized spacial score (nSPS) is 13.5. The molecule has 1 fully saturated rings. The highest BCUT2D eigenvalue weighted by molar-refractivity contribution is 7.99. The third-order valence-corrected chi connectivity index (χ3v) is 7.43. The summed E-state index contributed by atoms with van der Waals surface area (Å²) < 4.78 is 0. The minimum absolute atomic E-state index is 0.00137. The van der Waals surface area contributed by atoms with E-state index < -0.39 is 0 Å². The number of aliphatic hydroxyl groups is 1. The number of rotatable bonds is 11. The lowest BCUT2D eigenvalue weighted by molar-refractivity contribution is -0.109. The summed E-state index contributed by atoms with van der Waals surface area (Å²) in [5.41, 5.74) is 3.24. The lowest BCUT2D eigenvalue weighted by atomic mass is 10.1. The van der Waals surface area contributed by atoms with Crippen molar-refractivity contribution in [3.8, 4) is 11.3 Å². The molecule has 3 aromatic rings. The molecule has 0 radical (unpaired) electrons. The van der Waals surface area contributed by atoms with Gasteiger partial charge in [0.25, 0.3) is 5.91 Å². The van der Waals surface area contributed by atoms with Gasteiger partial charge in [0.05, 0.1) is 12.2 Å². The number of nitrogens with zero attached hydrogens (tertiary/aromatic N) is 4. The number of benzene rings is 2. The molecule has 40 heavy (non-hydrogen) atoms. The Hall–Kier alpha value is -3.31. The van der Waals surface area contributed by atoms with Crippen LogP contribution in [-0.2, 0) is 4.79 Å². The summed E-state index contributed by atoms with van der Waals surface area (Å²) in [5, 5.41) is 15.2. The van der Waals surface area contributed by atoms with Gasteiger partial charge in [-0.15, -0.1) is 11.8 Å². The molecule has 0 atom stereocenters. The van der Waals surface area contributed by atoms with Crippen molar-refractivity contribution in [3.05, 3.63) is 66.4 Å². The number of nitrogens with one attached hydrogen (secondary N) is 2. The van der Waals surface area contributed by atoms with Crippen LogP contribution in [0.4, 0.5) is 11.6 Å². The molecule has 1 saturated heterocycles. The van der Waals surface area contributed by atoms with Crippen LogP contribution in [0.1, 0.15) is 30.6 Å². The summed E-state index contributed by atoms with van der Waals surface area (Å²) >= 11 is 1.72. The Balaban J connectivity index is 0.000000810. The van der Waals surface area contributed by atoms with E-state index in [0.29, 0.717) is 50.3 Å². The number of amides is 1. The van der Waals surface area contributed by atoms with E-state index in [9.17, 15) is 9.59 Å². The van der Waals surface area contributed by atoms with Crippen LogP contribution < -0.4 is 10.6 Å². The second kappa shape index (κ2) is 16.7. The average Bonchev–Trinajstić information content (AvgIpc) is 2.99. The third-order valence-electron chi connectivity index (χ3n) is 6.33. The molecule has 2 heterocycles. The lowest BCUT2D eigenvalue weighted by Gasteiger charge is -2.33. The van der Waals surface area contributed by atoms with Gasteiger partial charge in [-0.25, -0.2) is 9.97 Å². The molecule has 0 bridgehead atoms. The van der Waals surface area contributed by atoms with Crippen LogP contribution in [0.2, 0.25) is 0 Å². The van der Waals surface area contributed by atoms with E-state index in [1.54, 1.807) is 30.1 Å². The Morgan fingerprint density at radius 3 is 2.33 bits per heavy atom. The number of aldehydes is 1. The molecule has 0 spiro atoms. The summed E-state index contributed by atoms with van der Waals surface area (Å²) in [6.45, 7) is 7.51. The van der Waals surface area contributed by atoms with E-state index >= 15 is 0 Å². The summed E-state index contributed by atoms with van der Waals surface area (Å²) in [4.78, 5) is 37.5. The van der Waals surface area contributed by atoms with Crippen molar-refractivity contribution < 1.29 is 14.7 Å². The van der Waals surface area contributed by atoms with Crippen LogP contribution in [0.3, 0.4) is 0 Å². The number of aliphatic hydroxyl groups excluding tert-OH is 1. The molecule has 2 aromatic carbocycles. The molecule has 1 aromatic heterocycles. The number of aromatic nitrogens is 2. The molecule has 214 valence electrons. The number of carbonyl (C=O) groups excluding carboxylic acids is 2. The van der Waals surface area contributed by atoms with E-state index in [-0.39, 0.29) is 12.5 Å². The molecule has 1 amide bonds. The first-order valence-corrected chi connectivity index (χ1v) is 14.6. The van der Waals surface area contributed by atoms with Crippen molar-refractivity contribution in [3.63, 3.8) is 0 Å². The van der Waals surface area contributed by atoms with Gasteiger partial charge >= 0.3 is 0 Å². The maximum Gasteiger partial charge on any atom is 0.253 e. The number of piperazine rings is 1. The fraction of sp³-hybridized carbons (Fsp3) is 0.400. The van der Waals surface area contributed by atoms with Crippen LogP contribution in [0.25, 0.3) is 11.3 Å². The fourth-order valence-electron chi connectivity index (χ4n) is 3.80. The van der Waals surface area contributed by atoms with E-state index in [2.05, 4.69) is 46.6 Å². The first-order chi connectivity index (χ1) is 19.4. The number of anilines is 2. The number of hydrogen-bond donors (Lipinski definition) is 3. The van der Waals surface area contributed by atoms with Crippen LogP contribution in [0, 0.1) is 0 Å². The zero-order valence-electron chi connectivity index (χ0n) is 23.5. The molecule has 0 aliphatic carbocycles. The zero-order chi connectivity index (χ0) is 28.7. The number of hydrogen-bond acceptors (Lipinski definition) is 9. The Morgan fingerprint density at radius 2 is 1.73 bits per heavy atom. The van der Waals surface area contributed by atoms with Crippen molar-refractivity contribution in [2.45, 2.75) is 31.2 Å². The largest absolute Gasteiger partial charge is 0.396 e. The summed E-state index contributed by atoms with van der Waals surface area (Å²) in [6, 6.07) is 18.0. The van der Waals surface area contributed by atoms with E-state index in [0.717, 1.165) is 40.3 Å². The Bertz CT molecular complexity index is 1180. The molecular weight excluding hydrogens is 524 g/mol. The highest BCUT2D eigenvalue weighted by Gasteiger charge is 2.21.